The van der Waals surface area contributed by atoms with Crippen LogP contribution in [0.4, 0.5) is 10.3 Å². The molecule has 0 bridgehead atoms. The van der Waals surface area contributed by atoms with E-state index >= 15 is 0 Å². The lowest BCUT2D eigenvalue weighted by Gasteiger charge is -2.01. The van der Waals surface area contributed by atoms with Crippen LogP contribution < -0.4 is 5.73 Å². The Bertz CT molecular complexity index is 468. The minimum absolute atomic E-state index is 0.213. The fraction of sp³-hybridized carbons (Fsp3) is 0.167. The number of nitrogens with two attached hydrogens (primary N) is 1. The Labute approximate surface area is 93.2 Å². The zero-order valence-corrected chi connectivity index (χ0v) is 8.73. The third-order valence-electron chi connectivity index (χ3n) is 2.31. The molecule has 1 aromatic heterocycles. The molecule has 2 aromatic rings. The molecule has 16 heavy (non-hydrogen) atoms. The number of aromatic nitrogens is 2. The van der Waals surface area contributed by atoms with Gasteiger partial charge in [0.25, 0.3) is 0 Å². The van der Waals surface area contributed by atoms with Crippen molar-refractivity contribution in [1.29, 1.82) is 0 Å². The van der Waals surface area contributed by atoms with Crippen molar-refractivity contribution in [1.82, 2.24) is 9.97 Å². The number of benzene rings is 1. The summed E-state index contributed by atoms with van der Waals surface area (Å²) >= 11 is 0. The number of nitrogen functional groups attached to an aromatic ring is 1. The quantitative estimate of drug-likeness (QED) is 0.855. The van der Waals surface area contributed by atoms with Gasteiger partial charge in [-0.2, -0.15) is 0 Å². The van der Waals surface area contributed by atoms with Gasteiger partial charge in [-0.3, -0.25) is 0 Å². The number of rotatable bonds is 3. The van der Waals surface area contributed by atoms with E-state index in [2.05, 4.69) is 9.97 Å². The van der Waals surface area contributed by atoms with E-state index in [9.17, 15) is 4.39 Å². The Kier molecular flexibility index (Phi) is 3.10. The molecule has 0 aliphatic rings. The van der Waals surface area contributed by atoms with Gasteiger partial charge in [0.05, 0.1) is 0 Å². The summed E-state index contributed by atoms with van der Waals surface area (Å²) in [5, 5.41) is 0. The predicted molar refractivity (Wildman–Crippen MR) is 60.3 cm³/mol. The second kappa shape index (κ2) is 4.70. The number of nitrogens with zero attached hydrogens (tertiary/aromatic N) is 2. The molecule has 1 aromatic carbocycles. The van der Waals surface area contributed by atoms with Crippen LogP contribution in [-0.2, 0) is 12.8 Å². The Morgan fingerprint density at radius 3 is 2.50 bits per heavy atom. The molecule has 0 saturated heterocycles. The summed E-state index contributed by atoms with van der Waals surface area (Å²) in [6.45, 7) is 0. The van der Waals surface area contributed by atoms with E-state index in [-0.39, 0.29) is 11.8 Å². The summed E-state index contributed by atoms with van der Waals surface area (Å²) in [6, 6.07) is 8.31. The smallest absolute Gasteiger partial charge is 0.220 e. The van der Waals surface area contributed by atoms with Crippen molar-refractivity contribution in [3.63, 3.8) is 0 Å². The maximum atomic E-state index is 12.7. The summed E-state index contributed by atoms with van der Waals surface area (Å²) < 4.78 is 12.7. The van der Waals surface area contributed by atoms with Crippen LogP contribution in [0.1, 0.15) is 11.3 Å². The minimum atomic E-state index is -0.213. The minimum Gasteiger partial charge on any atom is -0.368 e. The van der Waals surface area contributed by atoms with Crippen LogP contribution in [-0.4, -0.2) is 9.97 Å². The number of aryl methyl sites for hydroxylation is 2. The van der Waals surface area contributed by atoms with E-state index in [1.807, 2.05) is 6.07 Å². The van der Waals surface area contributed by atoms with Crippen molar-refractivity contribution in [2.24, 2.45) is 0 Å². The summed E-state index contributed by atoms with van der Waals surface area (Å²) in [6.07, 6.45) is 3.23. The van der Waals surface area contributed by atoms with Gasteiger partial charge in [-0.1, -0.05) is 12.1 Å². The molecule has 0 unspecified atom stereocenters. The summed E-state index contributed by atoms with van der Waals surface area (Å²) in [5.41, 5.74) is 7.46. The average Bonchev–Trinajstić information content (AvgIpc) is 2.28. The molecule has 0 saturated carbocycles. The topological polar surface area (TPSA) is 51.8 Å². The van der Waals surface area contributed by atoms with Crippen molar-refractivity contribution in [2.45, 2.75) is 12.8 Å². The zero-order chi connectivity index (χ0) is 11.4. The molecule has 0 amide bonds. The number of hydrogen-bond acceptors (Lipinski definition) is 3. The van der Waals surface area contributed by atoms with Crippen LogP contribution >= 0.6 is 0 Å². The lowest BCUT2D eigenvalue weighted by atomic mass is 10.1. The van der Waals surface area contributed by atoms with Gasteiger partial charge in [0.2, 0.25) is 5.95 Å². The molecule has 82 valence electrons. The maximum Gasteiger partial charge on any atom is 0.220 e. The summed E-state index contributed by atoms with van der Waals surface area (Å²) in [5.74, 6) is 0.0756. The van der Waals surface area contributed by atoms with E-state index in [0.717, 1.165) is 24.1 Å². The first-order chi connectivity index (χ1) is 7.74. The van der Waals surface area contributed by atoms with Crippen LogP contribution in [0.15, 0.2) is 36.5 Å². The monoisotopic (exact) mass is 217 g/mol. The molecule has 3 nitrogen and oxygen atoms in total. The van der Waals surface area contributed by atoms with Crippen molar-refractivity contribution < 1.29 is 4.39 Å². The maximum absolute atomic E-state index is 12.7. The molecule has 0 fully saturated rings. The third-order valence-corrected chi connectivity index (χ3v) is 2.31. The van der Waals surface area contributed by atoms with Gasteiger partial charge in [0.1, 0.15) is 5.82 Å². The molecule has 0 aliphatic heterocycles. The molecule has 2 N–H and O–H groups in total. The molecule has 0 aliphatic carbocycles. The molecular weight excluding hydrogens is 205 g/mol. The fourth-order valence-corrected chi connectivity index (χ4v) is 1.48. The first kappa shape index (κ1) is 10.5. The van der Waals surface area contributed by atoms with E-state index in [1.54, 1.807) is 18.3 Å². The first-order valence-electron chi connectivity index (χ1n) is 5.06. The Morgan fingerprint density at radius 1 is 1.06 bits per heavy atom. The van der Waals surface area contributed by atoms with E-state index < -0.39 is 0 Å². The SMILES string of the molecule is Nc1nccc(CCc2ccc(F)cc2)n1. The second-order valence-electron chi connectivity index (χ2n) is 3.53. The van der Waals surface area contributed by atoms with Crippen molar-refractivity contribution in [2.75, 3.05) is 5.73 Å². The van der Waals surface area contributed by atoms with Crippen LogP contribution in [0.2, 0.25) is 0 Å². The van der Waals surface area contributed by atoms with Crippen molar-refractivity contribution >= 4 is 5.95 Å². The van der Waals surface area contributed by atoms with E-state index in [1.165, 1.54) is 12.1 Å². The highest BCUT2D eigenvalue weighted by molar-refractivity contribution is 5.20. The number of anilines is 1. The van der Waals surface area contributed by atoms with Crippen molar-refractivity contribution in [3.8, 4) is 0 Å². The Morgan fingerprint density at radius 2 is 1.81 bits per heavy atom. The molecule has 0 radical (unpaired) electrons. The predicted octanol–water partition coefficient (Wildman–Crippen LogP) is 1.98. The highest BCUT2D eigenvalue weighted by atomic mass is 19.1. The number of halogens is 1. The zero-order valence-electron chi connectivity index (χ0n) is 8.73. The van der Waals surface area contributed by atoms with Crippen molar-refractivity contribution in [3.05, 3.63) is 53.6 Å². The molecule has 2 rings (SSSR count). The largest absolute Gasteiger partial charge is 0.368 e. The van der Waals surface area contributed by atoms with Crippen LogP contribution in [0.5, 0.6) is 0 Å². The molecule has 0 atom stereocenters. The van der Waals surface area contributed by atoms with Gasteiger partial charge in [-0.05, 0) is 36.6 Å². The Hall–Kier alpha value is -1.97. The van der Waals surface area contributed by atoms with Gasteiger partial charge in [-0.15, -0.1) is 0 Å². The van der Waals surface area contributed by atoms with Gasteiger partial charge in [0.15, 0.2) is 0 Å². The van der Waals surface area contributed by atoms with E-state index in [0.29, 0.717) is 0 Å². The van der Waals surface area contributed by atoms with Gasteiger partial charge < -0.3 is 5.73 Å². The number of hydrogen-bond donors (Lipinski definition) is 1. The lowest BCUT2D eigenvalue weighted by molar-refractivity contribution is 0.627. The second-order valence-corrected chi connectivity index (χ2v) is 3.53. The Balaban J connectivity index is 1.99. The highest BCUT2D eigenvalue weighted by Gasteiger charge is 1.98. The van der Waals surface area contributed by atoms with Crippen LogP contribution in [0.25, 0.3) is 0 Å². The third kappa shape index (κ3) is 2.76. The standard InChI is InChI=1S/C12H12FN3/c13-10-4-1-9(2-5-10)3-6-11-7-8-15-12(14)16-11/h1-2,4-5,7-8H,3,6H2,(H2,14,15,16). The molecule has 0 spiro atoms. The average molecular weight is 217 g/mol. The van der Waals surface area contributed by atoms with Gasteiger partial charge >= 0.3 is 0 Å². The molecule has 4 heteroatoms. The van der Waals surface area contributed by atoms with E-state index in [4.69, 9.17) is 5.73 Å². The fourth-order valence-electron chi connectivity index (χ4n) is 1.48. The van der Waals surface area contributed by atoms with Crippen LogP contribution in [0.3, 0.4) is 0 Å². The van der Waals surface area contributed by atoms with Gasteiger partial charge in [0, 0.05) is 11.9 Å². The lowest BCUT2D eigenvalue weighted by Crippen LogP contribution is -1.99. The molecular formula is C12H12FN3. The van der Waals surface area contributed by atoms with Crippen LogP contribution in [0, 0.1) is 5.82 Å². The van der Waals surface area contributed by atoms with Gasteiger partial charge in [-0.25, -0.2) is 14.4 Å². The first-order valence-corrected chi connectivity index (χ1v) is 5.06. The molecule has 1 heterocycles. The summed E-state index contributed by atoms with van der Waals surface area (Å²) in [4.78, 5) is 7.92. The highest BCUT2D eigenvalue weighted by Crippen LogP contribution is 2.07. The summed E-state index contributed by atoms with van der Waals surface area (Å²) in [7, 11) is 0. The normalized spacial score (nSPS) is 10.3.